The lowest BCUT2D eigenvalue weighted by molar-refractivity contribution is 0.253. The van der Waals surface area contributed by atoms with Gasteiger partial charge in [0.1, 0.15) is 23.9 Å². The van der Waals surface area contributed by atoms with E-state index in [4.69, 9.17) is 5.11 Å². The van der Waals surface area contributed by atoms with Gasteiger partial charge in [-0.15, -0.1) is 0 Å². The van der Waals surface area contributed by atoms with E-state index < -0.39 is 6.10 Å². The first kappa shape index (κ1) is 10.5. The third-order valence-electron chi connectivity index (χ3n) is 1.52. The van der Waals surface area contributed by atoms with Crippen molar-refractivity contribution in [1.82, 2.24) is 9.97 Å². The van der Waals surface area contributed by atoms with Crippen molar-refractivity contribution in [1.29, 1.82) is 0 Å². The van der Waals surface area contributed by atoms with Gasteiger partial charge < -0.3 is 10.0 Å². The smallest absolute Gasteiger partial charge is 0.132 e. The van der Waals surface area contributed by atoms with Gasteiger partial charge in [-0.25, -0.2) is 9.97 Å². The Balaban J connectivity index is 2.91. The Morgan fingerprint density at radius 1 is 1.43 bits per heavy atom. The number of aliphatic hydroxyl groups excluding tert-OH is 1. The number of anilines is 1. The number of hydrogen-bond donors (Lipinski definition) is 1. The van der Waals surface area contributed by atoms with Crippen LogP contribution >= 0.6 is 0 Å². The van der Waals surface area contributed by atoms with E-state index in [1.165, 1.54) is 6.33 Å². The number of aromatic nitrogens is 2. The van der Waals surface area contributed by atoms with Crippen LogP contribution in [-0.2, 0) is 0 Å². The monoisotopic (exact) mass is 191 g/mol. The standard InChI is InChI=1S/C10H13N3O/c1-8(14)4-5-9-6-10(13(2)3)12-7-11-9/h6-8,14H,1-3H3/t8-/m0/s1. The van der Waals surface area contributed by atoms with Crippen molar-refractivity contribution < 1.29 is 5.11 Å². The Morgan fingerprint density at radius 2 is 2.14 bits per heavy atom. The summed E-state index contributed by atoms with van der Waals surface area (Å²) in [5.74, 6) is 6.19. The Hall–Kier alpha value is -1.60. The summed E-state index contributed by atoms with van der Waals surface area (Å²) in [7, 11) is 3.79. The van der Waals surface area contributed by atoms with Crippen LogP contribution in [0.1, 0.15) is 12.6 Å². The zero-order chi connectivity index (χ0) is 10.6. The molecule has 1 rings (SSSR count). The van der Waals surface area contributed by atoms with E-state index in [9.17, 15) is 0 Å². The third kappa shape index (κ3) is 3.04. The van der Waals surface area contributed by atoms with Crippen molar-refractivity contribution in [2.75, 3.05) is 19.0 Å². The molecule has 0 aromatic carbocycles. The molecule has 0 bridgehead atoms. The molecule has 1 heterocycles. The molecule has 0 spiro atoms. The molecule has 0 saturated carbocycles. The Morgan fingerprint density at radius 3 is 2.71 bits per heavy atom. The van der Waals surface area contributed by atoms with Crippen LogP contribution in [0.15, 0.2) is 12.4 Å². The molecule has 0 aliphatic heterocycles. The zero-order valence-corrected chi connectivity index (χ0v) is 8.52. The second-order valence-corrected chi connectivity index (χ2v) is 3.10. The van der Waals surface area contributed by atoms with Gasteiger partial charge in [-0.1, -0.05) is 5.92 Å². The largest absolute Gasteiger partial charge is 0.381 e. The molecule has 0 saturated heterocycles. The van der Waals surface area contributed by atoms with Crippen LogP contribution in [0.2, 0.25) is 0 Å². The van der Waals surface area contributed by atoms with Crippen molar-refractivity contribution in [3.63, 3.8) is 0 Å². The van der Waals surface area contributed by atoms with Crippen molar-refractivity contribution in [3.8, 4) is 11.8 Å². The van der Waals surface area contributed by atoms with E-state index in [1.54, 1.807) is 13.0 Å². The van der Waals surface area contributed by atoms with Crippen molar-refractivity contribution >= 4 is 5.82 Å². The molecule has 74 valence electrons. The van der Waals surface area contributed by atoms with Crippen LogP contribution in [0, 0.1) is 11.8 Å². The lowest BCUT2D eigenvalue weighted by Crippen LogP contribution is -2.10. The predicted molar refractivity (Wildman–Crippen MR) is 54.9 cm³/mol. The summed E-state index contributed by atoms with van der Waals surface area (Å²) in [6.07, 6.45) is 0.828. The van der Waals surface area contributed by atoms with Gasteiger partial charge in [0.25, 0.3) is 0 Å². The molecule has 4 heteroatoms. The highest BCUT2D eigenvalue weighted by molar-refractivity contribution is 5.42. The Labute approximate surface area is 83.6 Å². The highest BCUT2D eigenvalue weighted by Crippen LogP contribution is 2.05. The molecular formula is C10H13N3O. The highest BCUT2D eigenvalue weighted by atomic mass is 16.3. The maximum absolute atomic E-state index is 8.96. The van der Waals surface area contributed by atoms with E-state index in [0.29, 0.717) is 5.69 Å². The van der Waals surface area contributed by atoms with Gasteiger partial charge in [0, 0.05) is 20.2 Å². The predicted octanol–water partition coefficient (Wildman–Crippen LogP) is 0.275. The van der Waals surface area contributed by atoms with Crippen molar-refractivity contribution in [2.45, 2.75) is 13.0 Å². The van der Waals surface area contributed by atoms with E-state index in [0.717, 1.165) is 5.82 Å². The maximum atomic E-state index is 8.96. The SMILES string of the molecule is C[C@H](O)C#Cc1cc(N(C)C)ncn1. The molecule has 1 aromatic rings. The lowest BCUT2D eigenvalue weighted by atomic mass is 10.3. The molecule has 0 amide bonds. The van der Waals surface area contributed by atoms with E-state index in [2.05, 4.69) is 21.8 Å². The average molecular weight is 191 g/mol. The molecule has 14 heavy (non-hydrogen) atoms. The first-order valence-electron chi connectivity index (χ1n) is 4.28. The highest BCUT2D eigenvalue weighted by Gasteiger charge is 1.97. The topological polar surface area (TPSA) is 49.2 Å². The van der Waals surface area contributed by atoms with Crippen LogP contribution in [0.3, 0.4) is 0 Å². The van der Waals surface area contributed by atoms with Gasteiger partial charge in [0.15, 0.2) is 0 Å². The quantitative estimate of drug-likeness (QED) is 0.647. The summed E-state index contributed by atoms with van der Waals surface area (Å²) in [4.78, 5) is 9.89. The first-order valence-corrected chi connectivity index (χ1v) is 4.28. The minimum atomic E-state index is -0.632. The van der Waals surface area contributed by atoms with Gasteiger partial charge in [-0.05, 0) is 12.8 Å². The summed E-state index contributed by atoms with van der Waals surface area (Å²) in [5.41, 5.74) is 0.615. The fraction of sp³-hybridized carbons (Fsp3) is 0.400. The van der Waals surface area contributed by atoms with Gasteiger partial charge in [0.05, 0.1) is 0 Å². The number of aliphatic hydroxyl groups is 1. The number of nitrogens with zero attached hydrogens (tertiary/aromatic N) is 3. The third-order valence-corrected chi connectivity index (χ3v) is 1.52. The molecule has 0 radical (unpaired) electrons. The fourth-order valence-corrected chi connectivity index (χ4v) is 0.838. The Bertz CT molecular complexity index is 363. The van der Waals surface area contributed by atoms with Gasteiger partial charge in [-0.3, -0.25) is 0 Å². The van der Waals surface area contributed by atoms with Crippen molar-refractivity contribution in [3.05, 3.63) is 18.1 Å². The van der Waals surface area contributed by atoms with Gasteiger partial charge in [0.2, 0.25) is 0 Å². The molecule has 0 fully saturated rings. The summed E-state index contributed by atoms with van der Waals surface area (Å²) < 4.78 is 0. The average Bonchev–Trinajstić information content (AvgIpc) is 2.15. The van der Waals surface area contributed by atoms with Gasteiger partial charge >= 0.3 is 0 Å². The fourth-order valence-electron chi connectivity index (χ4n) is 0.838. The molecule has 1 atom stereocenters. The van der Waals surface area contributed by atoms with Crippen LogP contribution in [0.4, 0.5) is 5.82 Å². The zero-order valence-electron chi connectivity index (χ0n) is 8.52. The minimum Gasteiger partial charge on any atom is -0.381 e. The van der Waals surface area contributed by atoms with E-state index in [1.807, 2.05) is 19.0 Å². The summed E-state index contributed by atoms with van der Waals surface area (Å²) in [6, 6.07) is 1.77. The van der Waals surface area contributed by atoms with E-state index in [-0.39, 0.29) is 0 Å². The number of rotatable bonds is 1. The molecule has 0 aliphatic carbocycles. The number of hydrogen-bond acceptors (Lipinski definition) is 4. The van der Waals surface area contributed by atoms with E-state index >= 15 is 0 Å². The summed E-state index contributed by atoms with van der Waals surface area (Å²) in [6.45, 7) is 1.61. The maximum Gasteiger partial charge on any atom is 0.132 e. The van der Waals surface area contributed by atoms with Gasteiger partial charge in [-0.2, -0.15) is 0 Å². The van der Waals surface area contributed by atoms with Crippen LogP contribution in [0.25, 0.3) is 0 Å². The van der Waals surface area contributed by atoms with Crippen LogP contribution in [0.5, 0.6) is 0 Å². The minimum absolute atomic E-state index is 0.615. The summed E-state index contributed by atoms with van der Waals surface area (Å²) >= 11 is 0. The second kappa shape index (κ2) is 4.58. The van der Waals surface area contributed by atoms with Crippen LogP contribution < -0.4 is 4.90 Å². The second-order valence-electron chi connectivity index (χ2n) is 3.10. The molecule has 1 aromatic heterocycles. The molecule has 0 aliphatic rings. The molecule has 4 nitrogen and oxygen atoms in total. The van der Waals surface area contributed by atoms with Crippen molar-refractivity contribution in [2.24, 2.45) is 0 Å². The Kier molecular flexibility index (Phi) is 3.43. The molecule has 1 N–H and O–H groups in total. The normalized spacial score (nSPS) is 11.4. The first-order chi connectivity index (χ1) is 6.59. The molecular weight excluding hydrogens is 178 g/mol. The van der Waals surface area contributed by atoms with Crippen LogP contribution in [-0.4, -0.2) is 35.3 Å². The lowest BCUT2D eigenvalue weighted by Gasteiger charge is -2.09. The molecule has 0 unspecified atom stereocenters. The summed E-state index contributed by atoms with van der Waals surface area (Å²) in [5, 5.41) is 8.96.